The highest BCUT2D eigenvalue weighted by atomic mass is 16.6. The molecule has 0 N–H and O–H groups in total. The summed E-state index contributed by atoms with van der Waals surface area (Å²) in [6, 6.07) is 0. The van der Waals surface area contributed by atoms with Crippen molar-refractivity contribution in [3.63, 3.8) is 0 Å². The van der Waals surface area contributed by atoms with E-state index in [1.165, 1.54) is 128 Å². The minimum Gasteiger partial charge on any atom is -0.462 e. The average molecular weight is 1000 g/mol. The second-order valence-electron chi connectivity index (χ2n) is 19.9. The van der Waals surface area contributed by atoms with E-state index in [0.29, 0.717) is 19.3 Å². The lowest BCUT2D eigenvalue weighted by molar-refractivity contribution is -0.167. The number of unbranched alkanes of at least 4 members (excludes halogenated alkanes) is 27. The van der Waals surface area contributed by atoms with Crippen molar-refractivity contribution >= 4 is 17.9 Å². The number of ether oxygens (including phenoxy) is 3. The second-order valence-corrected chi connectivity index (χ2v) is 19.9. The molecule has 0 saturated carbocycles. The van der Waals surface area contributed by atoms with Gasteiger partial charge in [-0.15, -0.1) is 0 Å². The Morgan fingerprint density at radius 3 is 0.972 bits per heavy atom. The molecule has 1 atom stereocenters. The molecule has 0 aliphatic heterocycles. The maximum Gasteiger partial charge on any atom is 0.306 e. The van der Waals surface area contributed by atoms with E-state index in [1.54, 1.807) is 0 Å². The summed E-state index contributed by atoms with van der Waals surface area (Å²) < 4.78 is 16.8. The molecule has 0 saturated heterocycles. The van der Waals surface area contributed by atoms with Crippen LogP contribution in [0.2, 0.25) is 0 Å². The number of carbonyl (C=O) groups is 3. The Hall–Kier alpha value is -3.67. The van der Waals surface area contributed by atoms with Gasteiger partial charge in [0.25, 0.3) is 0 Å². The van der Waals surface area contributed by atoms with Crippen LogP contribution in [0.5, 0.6) is 0 Å². The van der Waals surface area contributed by atoms with Crippen LogP contribution in [0, 0.1) is 0 Å². The number of allylic oxidation sites excluding steroid dienone is 16. The lowest BCUT2D eigenvalue weighted by Gasteiger charge is -2.18. The van der Waals surface area contributed by atoms with Crippen LogP contribution in [0.1, 0.15) is 284 Å². The van der Waals surface area contributed by atoms with Crippen LogP contribution in [0.15, 0.2) is 97.2 Å². The van der Waals surface area contributed by atoms with Gasteiger partial charge >= 0.3 is 17.9 Å². The van der Waals surface area contributed by atoms with E-state index >= 15 is 0 Å². The maximum absolute atomic E-state index is 12.9. The fourth-order valence-electron chi connectivity index (χ4n) is 8.32. The summed E-state index contributed by atoms with van der Waals surface area (Å²) in [5.74, 6) is -0.963. The summed E-state index contributed by atoms with van der Waals surface area (Å²) in [7, 11) is 0. The number of rotatable bonds is 54. The standard InChI is InChI=1S/C66H112O6/c1-4-7-10-13-16-19-22-24-26-28-30-32-33-35-36-38-40-42-44-47-50-53-56-59-65(68)71-62-63(61-70-64(67)58-55-52-49-46-21-18-15-12-9-6-3)72-66(69)60-57-54-51-48-45-43-41-39-37-34-31-29-27-25-23-20-17-14-11-8-5-2/h7,10,12,15-16,19,24,26,30,32,35-36,40,42,47,50,63H,4-6,8-9,11,13-14,17-18,20-23,25,27-29,31,33-34,37-39,41,43-46,48-49,51-62H2,1-3H3/b10-7-,15-12-,19-16-,26-24-,32-30-,36-35-,42-40-,50-47-. The van der Waals surface area contributed by atoms with Gasteiger partial charge in [0.1, 0.15) is 13.2 Å². The van der Waals surface area contributed by atoms with E-state index in [1.807, 2.05) is 0 Å². The highest BCUT2D eigenvalue weighted by molar-refractivity contribution is 5.71. The lowest BCUT2D eigenvalue weighted by Crippen LogP contribution is -2.30. The first-order valence-electron chi connectivity index (χ1n) is 30.2. The van der Waals surface area contributed by atoms with Crippen LogP contribution < -0.4 is 0 Å². The summed E-state index contributed by atoms with van der Waals surface area (Å²) in [5, 5.41) is 0. The Morgan fingerprint density at radius 1 is 0.292 bits per heavy atom. The fourth-order valence-corrected chi connectivity index (χ4v) is 8.32. The fraction of sp³-hybridized carbons (Fsp3) is 0.712. The zero-order valence-electron chi connectivity index (χ0n) is 47.2. The lowest BCUT2D eigenvalue weighted by atomic mass is 10.0. The molecule has 0 bridgehead atoms. The van der Waals surface area contributed by atoms with Gasteiger partial charge in [-0.1, -0.05) is 272 Å². The summed E-state index contributed by atoms with van der Waals surface area (Å²) in [6.45, 7) is 6.43. The van der Waals surface area contributed by atoms with Crippen molar-refractivity contribution in [2.24, 2.45) is 0 Å². The largest absolute Gasteiger partial charge is 0.462 e. The van der Waals surface area contributed by atoms with E-state index in [4.69, 9.17) is 14.2 Å². The summed E-state index contributed by atoms with van der Waals surface area (Å²) in [6.07, 6.45) is 79.9. The van der Waals surface area contributed by atoms with Crippen molar-refractivity contribution in [1.29, 1.82) is 0 Å². The topological polar surface area (TPSA) is 78.9 Å². The maximum atomic E-state index is 12.9. The molecular formula is C66H112O6. The van der Waals surface area contributed by atoms with Gasteiger partial charge in [0.05, 0.1) is 0 Å². The molecule has 0 aromatic carbocycles. The van der Waals surface area contributed by atoms with Crippen LogP contribution in [-0.4, -0.2) is 37.2 Å². The Labute approximate surface area is 445 Å². The summed E-state index contributed by atoms with van der Waals surface area (Å²) in [4.78, 5) is 38.1. The van der Waals surface area contributed by atoms with Crippen molar-refractivity contribution in [3.05, 3.63) is 97.2 Å². The van der Waals surface area contributed by atoms with Gasteiger partial charge in [0.15, 0.2) is 6.10 Å². The predicted molar refractivity (Wildman–Crippen MR) is 311 cm³/mol. The quantitative estimate of drug-likeness (QED) is 0.0261. The van der Waals surface area contributed by atoms with Gasteiger partial charge < -0.3 is 14.2 Å². The third-order valence-electron chi connectivity index (χ3n) is 12.8. The Bertz CT molecular complexity index is 1430. The number of esters is 3. The first kappa shape index (κ1) is 68.3. The van der Waals surface area contributed by atoms with Gasteiger partial charge in [-0.2, -0.15) is 0 Å². The molecular weight excluding hydrogens is 889 g/mol. The summed E-state index contributed by atoms with van der Waals surface area (Å²) >= 11 is 0. The molecule has 412 valence electrons. The van der Waals surface area contributed by atoms with Crippen molar-refractivity contribution < 1.29 is 28.6 Å². The van der Waals surface area contributed by atoms with Crippen molar-refractivity contribution in [2.75, 3.05) is 13.2 Å². The molecule has 0 amide bonds. The van der Waals surface area contributed by atoms with Crippen LogP contribution in [0.3, 0.4) is 0 Å². The van der Waals surface area contributed by atoms with Crippen molar-refractivity contribution in [1.82, 2.24) is 0 Å². The molecule has 0 radical (unpaired) electrons. The summed E-state index contributed by atoms with van der Waals surface area (Å²) in [5.41, 5.74) is 0. The van der Waals surface area contributed by atoms with Gasteiger partial charge in [-0.05, 0) is 89.9 Å². The number of hydrogen-bond acceptors (Lipinski definition) is 6. The van der Waals surface area contributed by atoms with Crippen molar-refractivity contribution in [2.45, 2.75) is 290 Å². The first-order valence-corrected chi connectivity index (χ1v) is 30.2. The SMILES string of the molecule is CC/C=C\C/C=C\C/C=C\C/C=C\C/C=C\C/C=C\C/C=C\CCCC(=O)OCC(COC(=O)CCCCCCC/C=C\CCC)OC(=O)CCCCCCCCCCCCCCCCCCCCCCC. The molecule has 6 nitrogen and oxygen atoms in total. The number of hydrogen-bond donors (Lipinski definition) is 0. The highest BCUT2D eigenvalue weighted by Crippen LogP contribution is 2.16. The minimum absolute atomic E-state index is 0.0986. The smallest absolute Gasteiger partial charge is 0.306 e. The van der Waals surface area contributed by atoms with Crippen LogP contribution >= 0.6 is 0 Å². The average Bonchev–Trinajstić information content (AvgIpc) is 3.38. The van der Waals surface area contributed by atoms with Gasteiger partial charge in [-0.25, -0.2) is 0 Å². The van der Waals surface area contributed by atoms with E-state index in [9.17, 15) is 14.4 Å². The molecule has 0 aliphatic carbocycles. The normalized spacial score (nSPS) is 12.8. The molecule has 0 rings (SSSR count). The molecule has 0 aromatic heterocycles. The third kappa shape index (κ3) is 57.2. The van der Waals surface area contributed by atoms with Gasteiger partial charge in [0.2, 0.25) is 0 Å². The van der Waals surface area contributed by atoms with E-state index in [-0.39, 0.29) is 37.5 Å². The molecule has 72 heavy (non-hydrogen) atoms. The monoisotopic (exact) mass is 1000 g/mol. The highest BCUT2D eigenvalue weighted by Gasteiger charge is 2.19. The first-order chi connectivity index (χ1) is 35.5. The predicted octanol–water partition coefficient (Wildman–Crippen LogP) is 20.5. The molecule has 0 heterocycles. The Morgan fingerprint density at radius 2 is 0.583 bits per heavy atom. The van der Waals surface area contributed by atoms with E-state index in [2.05, 4.69) is 118 Å². The van der Waals surface area contributed by atoms with Gasteiger partial charge in [-0.3, -0.25) is 14.4 Å². The Kier molecular flexibility index (Phi) is 56.8. The molecule has 6 heteroatoms. The molecule has 0 spiro atoms. The zero-order valence-corrected chi connectivity index (χ0v) is 47.2. The van der Waals surface area contributed by atoms with E-state index < -0.39 is 6.10 Å². The molecule has 0 aromatic rings. The van der Waals surface area contributed by atoms with E-state index in [0.717, 1.165) is 109 Å². The number of carbonyl (C=O) groups excluding carboxylic acids is 3. The van der Waals surface area contributed by atoms with Gasteiger partial charge in [0, 0.05) is 19.3 Å². The van der Waals surface area contributed by atoms with Crippen LogP contribution in [0.4, 0.5) is 0 Å². The van der Waals surface area contributed by atoms with Crippen LogP contribution in [-0.2, 0) is 28.6 Å². The van der Waals surface area contributed by atoms with Crippen molar-refractivity contribution in [3.8, 4) is 0 Å². The Balaban J connectivity index is 4.37. The molecule has 0 aliphatic rings. The third-order valence-corrected chi connectivity index (χ3v) is 12.8. The molecule has 0 fully saturated rings. The molecule has 1 unspecified atom stereocenters. The zero-order chi connectivity index (χ0) is 52.2. The minimum atomic E-state index is -0.803. The second kappa shape index (κ2) is 59.9. The van der Waals surface area contributed by atoms with Crippen LogP contribution in [0.25, 0.3) is 0 Å².